The zero-order valence-electron chi connectivity index (χ0n) is 15.2. The Hall–Kier alpha value is -2.59. The molecule has 0 amide bonds. The van der Waals surface area contributed by atoms with Crippen molar-refractivity contribution in [3.8, 4) is 0 Å². The number of aromatic nitrogens is 1. The summed E-state index contributed by atoms with van der Waals surface area (Å²) in [4.78, 5) is 17.1. The van der Waals surface area contributed by atoms with E-state index in [-0.39, 0.29) is 5.56 Å². The lowest BCUT2D eigenvalue weighted by molar-refractivity contribution is 0.208. The first-order chi connectivity index (χ1) is 12.7. The third-order valence-electron chi connectivity index (χ3n) is 5.18. The Morgan fingerprint density at radius 2 is 2.00 bits per heavy atom. The molecule has 1 aromatic heterocycles. The number of nitrogens with one attached hydrogen (secondary N) is 2. The highest BCUT2D eigenvalue weighted by Crippen LogP contribution is 2.21. The molecule has 0 saturated carbocycles. The maximum Gasteiger partial charge on any atom is 0.255 e. The van der Waals surface area contributed by atoms with E-state index in [2.05, 4.69) is 52.5 Å². The smallest absolute Gasteiger partial charge is 0.255 e. The number of fused-ring (bicyclic) bond motifs is 1. The second-order valence-electron chi connectivity index (χ2n) is 7.31. The SMILES string of the molecule is Cc1ccc(CN2CCCC(Nc3ccc4c(=O)[nH]ccc4c3)C2)cc1. The van der Waals surface area contributed by atoms with Gasteiger partial charge >= 0.3 is 0 Å². The number of hydrogen-bond donors (Lipinski definition) is 2. The molecule has 1 atom stereocenters. The molecule has 1 aliphatic rings. The summed E-state index contributed by atoms with van der Waals surface area (Å²) in [5.41, 5.74) is 3.74. The molecule has 3 aromatic rings. The summed E-state index contributed by atoms with van der Waals surface area (Å²) < 4.78 is 0. The molecule has 4 heteroatoms. The normalized spacial score (nSPS) is 18.1. The van der Waals surface area contributed by atoms with Crippen molar-refractivity contribution in [3.05, 3.63) is 76.2 Å². The third kappa shape index (κ3) is 3.81. The first-order valence-corrected chi connectivity index (χ1v) is 9.33. The minimum Gasteiger partial charge on any atom is -0.381 e. The third-order valence-corrected chi connectivity index (χ3v) is 5.18. The molecule has 0 bridgehead atoms. The van der Waals surface area contributed by atoms with Gasteiger partial charge in [0.1, 0.15) is 0 Å². The molecule has 2 heterocycles. The summed E-state index contributed by atoms with van der Waals surface area (Å²) in [6.07, 6.45) is 4.09. The van der Waals surface area contributed by atoms with E-state index < -0.39 is 0 Å². The predicted molar refractivity (Wildman–Crippen MR) is 108 cm³/mol. The van der Waals surface area contributed by atoms with Crippen LogP contribution in [0, 0.1) is 6.92 Å². The standard InChI is InChI=1S/C22H25N3O/c1-16-4-6-17(7-5-16)14-25-12-2-3-20(15-25)24-19-8-9-21-18(13-19)10-11-23-22(21)26/h4-11,13,20,24H,2-3,12,14-15H2,1H3,(H,23,26). The zero-order chi connectivity index (χ0) is 17.9. The average Bonchev–Trinajstić information content (AvgIpc) is 2.64. The van der Waals surface area contributed by atoms with Crippen molar-refractivity contribution in [3.63, 3.8) is 0 Å². The second-order valence-corrected chi connectivity index (χ2v) is 7.31. The fraction of sp³-hybridized carbons (Fsp3) is 0.318. The molecule has 4 nitrogen and oxygen atoms in total. The minimum atomic E-state index is -0.0315. The van der Waals surface area contributed by atoms with Gasteiger partial charge in [-0.1, -0.05) is 29.8 Å². The van der Waals surface area contributed by atoms with Crippen LogP contribution >= 0.6 is 0 Å². The summed E-state index contributed by atoms with van der Waals surface area (Å²) >= 11 is 0. The Kier molecular flexibility index (Phi) is 4.76. The van der Waals surface area contributed by atoms with Crippen LogP contribution in [0.4, 0.5) is 5.69 Å². The summed E-state index contributed by atoms with van der Waals surface area (Å²) in [6, 6.07) is 17.2. The number of nitrogens with zero attached hydrogens (tertiary/aromatic N) is 1. The van der Waals surface area contributed by atoms with Crippen molar-refractivity contribution in [1.29, 1.82) is 0 Å². The van der Waals surface area contributed by atoms with Crippen LogP contribution in [0.25, 0.3) is 10.8 Å². The molecule has 2 N–H and O–H groups in total. The van der Waals surface area contributed by atoms with Gasteiger partial charge in [0, 0.05) is 36.4 Å². The van der Waals surface area contributed by atoms with Crippen molar-refractivity contribution >= 4 is 16.5 Å². The molecule has 0 aliphatic carbocycles. The topological polar surface area (TPSA) is 48.1 Å². The van der Waals surface area contributed by atoms with Gasteiger partial charge in [-0.25, -0.2) is 0 Å². The van der Waals surface area contributed by atoms with Crippen molar-refractivity contribution < 1.29 is 0 Å². The molecule has 1 saturated heterocycles. The number of likely N-dealkylation sites (tertiary alicyclic amines) is 1. The van der Waals surface area contributed by atoms with Crippen LogP contribution < -0.4 is 10.9 Å². The molecule has 26 heavy (non-hydrogen) atoms. The molecule has 2 aromatic carbocycles. The molecular formula is C22H25N3O. The van der Waals surface area contributed by atoms with Crippen LogP contribution in [-0.2, 0) is 6.54 Å². The van der Waals surface area contributed by atoms with Crippen LogP contribution in [0.2, 0.25) is 0 Å². The molecule has 4 rings (SSSR count). The van der Waals surface area contributed by atoms with E-state index in [1.807, 2.05) is 18.2 Å². The van der Waals surface area contributed by atoms with Gasteiger partial charge in [0.05, 0.1) is 0 Å². The molecule has 1 aliphatic heterocycles. The number of aromatic amines is 1. The Morgan fingerprint density at radius 3 is 2.85 bits per heavy atom. The first kappa shape index (κ1) is 16.9. The highest BCUT2D eigenvalue weighted by Gasteiger charge is 2.20. The molecule has 1 fully saturated rings. The average molecular weight is 347 g/mol. The van der Waals surface area contributed by atoms with Gasteiger partial charge in [-0.3, -0.25) is 9.69 Å². The summed E-state index contributed by atoms with van der Waals surface area (Å²) in [5, 5.41) is 5.38. The maximum absolute atomic E-state index is 11.8. The molecular weight excluding hydrogens is 322 g/mol. The lowest BCUT2D eigenvalue weighted by Gasteiger charge is -2.33. The van der Waals surface area contributed by atoms with E-state index in [4.69, 9.17) is 0 Å². The van der Waals surface area contributed by atoms with E-state index in [0.717, 1.165) is 36.1 Å². The zero-order valence-corrected chi connectivity index (χ0v) is 15.2. The van der Waals surface area contributed by atoms with Gasteiger partial charge in [-0.2, -0.15) is 0 Å². The first-order valence-electron chi connectivity index (χ1n) is 9.33. The Balaban J connectivity index is 1.43. The molecule has 134 valence electrons. The van der Waals surface area contributed by atoms with Gasteiger partial charge in [0.2, 0.25) is 0 Å². The molecule has 1 unspecified atom stereocenters. The molecule has 0 radical (unpaired) electrons. The van der Waals surface area contributed by atoms with Gasteiger partial charge in [-0.15, -0.1) is 0 Å². The van der Waals surface area contributed by atoms with Gasteiger partial charge in [0.25, 0.3) is 5.56 Å². The van der Waals surface area contributed by atoms with E-state index in [0.29, 0.717) is 6.04 Å². The Morgan fingerprint density at radius 1 is 1.15 bits per heavy atom. The highest BCUT2D eigenvalue weighted by atomic mass is 16.1. The summed E-state index contributed by atoms with van der Waals surface area (Å²) in [6.45, 7) is 5.33. The largest absolute Gasteiger partial charge is 0.381 e. The van der Waals surface area contributed by atoms with Crippen molar-refractivity contribution in [2.75, 3.05) is 18.4 Å². The Bertz CT molecular complexity index is 946. The van der Waals surface area contributed by atoms with E-state index in [1.54, 1.807) is 6.20 Å². The maximum atomic E-state index is 11.8. The van der Waals surface area contributed by atoms with Crippen LogP contribution in [0.15, 0.2) is 59.5 Å². The number of pyridine rings is 1. The summed E-state index contributed by atoms with van der Waals surface area (Å²) in [7, 11) is 0. The minimum absolute atomic E-state index is 0.0315. The lowest BCUT2D eigenvalue weighted by Crippen LogP contribution is -2.41. The number of benzene rings is 2. The van der Waals surface area contributed by atoms with E-state index in [9.17, 15) is 4.79 Å². The van der Waals surface area contributed by atoms with E-state index >= 15 is 0 Å². The van der Waals surface area contributed by atoms with Crippen LogP contribution in [0.3, 0.4) is 0 Å². The highest BCUT2D eigenvalue weighted by molar-refractivity contribution is 5.84. The number of aryl methyl sites for hydroxylation is 1. The number of hydrogen-bond acceptors (Lipinski definition) is 3. The second kappa shape index (κ2) is 7.34. The van der Waals surface area contributed by atoms with Crippen LogP contribution in [0.5, 0.6) is 0 Å². The number of piperidine rings is 1. The van der Waals surface area contributed by atoms with Crippen LogP contribution in [0.1, 0.15) is 24.0 Å². The number of H-pyrrole nitrogens is 1. The lowest BCUT2D eigenvalue weighted by atomic mass is 10.0. The van der Waals surface area contributed by atoms with Crippen molar-refractivity contribution in [2.24, 2.45) is 0 Å². The van der Waals surface area contributed by atoms with Gasteiger partial charge in [-0.05, 0) is 61.5 Å². The van der Waals surface area contributed by atoms with Gasteiger partial charge < -0.3 is 10.3 Å². The van der Waals surface area contributed by atoms with Gasteiger partial charge in [0.15, 0.2) is 0 Å². The Labute approximate surface area is 153 Å². The van der Waals surface area contributed by atoms with Crippen molar-refractivity contribution in [1.82, 2.24) is 9.88 Å². The number of rotatable bonds is 4. The van der Waals surface area contributed by atoms with E-state index in [1.165, 1.54) is 24.0 Å². The number of anilines is 1. The fourth-order valence-electron chi connectivity index (χ4n) is 3.79. The summed E-state index contributed by atoms with van der Waals surface area (Å²) in [5.74, 6) is 0. The van der Waals surface area contributed by atoms with Crippen molar-refractivity contribution in [2.45, 2.75) is 32.4 Å². The predicted octanol–water partition coefficient (Wildman–Crippen LogP) is 3.91. The monoisotopic (exact) mass is 347 g/mol. The molecule has 0 spiro atoms. The quantitative estimate of drug-likeness (QED) is 0.752. The van der Waals surface area contributed by atoms with Crippen LogP contribution in [-0.4, -0.2) is 29.0 Å². The fourth-order valence-corrected chi connectivity index (χ4v) is 3.79.